The largest absolute Gasteiger partial charge is 0.456 e. The van der Waals surface area contributed by atoms with Crippen molar-refractivity contribution in [3.8, 4) is 33.4 Å². The molecule has 0 atom stereocenters. The first-order chi connectivity index (χ1) is 24.3. The van der Waals surface area contributed by atoms with Gasteiger partial charge in [-0.2, -0.15) is 0 Å². The van der Waals surface area contributed by atoms with Gasteiger partial charge in [0, 0.05) is 32.9 Å². The maximum absolute atomic E-state index is 6.33. The molecule has 0 fully saturated rings. The van der Waals surface area contributed by atoms with E-state index >= 15 is 0 Å². The molecule has 0 unspecified atom stereocenters. The lowest BCUT2D eigenvalue weighted by Crippen LogP contribution is -2.21. The Bertz CT molecular complexity index is 2670. The summed E-state index contributed by atoms with van der Waals surface area (Å²) in [6, 6.07) is 55.6. The van der Waals surface area contributed by atoms with Crippen LogP contribution in [0, 0.1) is 0 Å². The third-order valence-corrected chi connectivity index (χ3v) is 11.4. The van der Waals surface area contributed by atoms with Crippen molar-refractivity contribution in [1.29, 1.82) is 0 Å². The molecule has 2 heteroatoms. The summed E-state index contributed by atoms with van der Waals surface area (Å²) in [5.74, 6) is 0. The fraction of sp³-hybridized carbons (Fsp3) is 0.125. The molecule has 7 aromatic carbocycles. The average Bonchev–Trinajstić information content (AvgIpc) is 3.72. The Hall–Kier alpha value is -5.86. The Kier molecular flexibility index (Phi) is 6.01. The summed E-state index contributed by atoms with van der Waals surface area (Å²) in [6.07, 6.45) is 0. The van der Waals surface area contributed by atoms with Crippen LogP contribution in [0.15, 0.2) is 156 Å². The van der Waals surface area contributed by atoms with E-state index in [2.05, 4.69) is 172 Å². The van der Waals surface area contributed by atoms with Gasteiger partial charge in [-0.25, -0.2) is 0 Å². The first-order valence-corrected chi connectivity index (χ1v) is 17.6. The number of benzene rings is 7. The van der Waals surface area contributed by atoms with Crippen LogP contribution < -0.4 is 4.90 Å². The molecular weight excluding hydrogens is 607 g/mol. The van der Waals surface area contributed by atoms with E-state index in [1.165, 1.54) is 55.9 Å². The van der Waals surface area contributed by atoms with E-state index in [1.54, 1.807) is 0 Å². The lowest BCUT2D eigenvalue weighted by molar-refractivity contribution is 0.659. The van der Waals surface area contributed by atoms with Crippen LogP contribution in [0.4, 0.5) is 17.1 Å². The molecule has 2 nitrogen and oxygen atoms in total. The third-order valence-electron chi connectivity index (χ3n) is 11.4. The van der Waals surface area contributed by atoms with Crippen molar-refractivity contribution in [2.24, 2.45) is 0 Å². The highest BCUT2D eigenvalue weighted by Crippen LogP contribution is 2.58. The molecule has 0 aliphatic heterocycles. The Morgan fingerprint density at radius 2 is 1.06 bits per heavy atom. The van der Waals surface area contributed by atoms with Crippen LogP contribution in [0.25, 0.3) is 55.3 Å². The summed E-state index contributed by atoms with van der Waals surface area (Å²) in [6.45, 7) is 9.49. The first kappa shape index (κ1) is 29.1. The zero-order valence-corrected chi connectivity index (χ0v) is 28.8. The third kappa shape index (κ3) is 3.96. The first-order valence-electron chi connectivity index (χ1n) is 17.6. The summed E-state index contributed by atoms with van der Waals surface area (Å²) in [7, 11) is 0. The lowest BCUT2D eigenvalue weighted by atomic mass is 9.81. The summed E-state index contributed by atoms with van der Waals surface area (Å²) in [5.41, 5.74) is 18.1. The standard InChI is InChI=1S/C48H37NO/c1-47(2)39-21-9-6-18-37(39)45-40(47)22-13-23-41(45)49(42-24-12-19-36-33-16-5-8-20-38(33)48(3,4)46(36)42)32-15-11-14-30(28-32)31-26-27-35-34-17-7-10-25-43(34)50-44(35)29-31/h5-29H,1-4H3. The van der Waals surface area contributed by atoms with Gasteiger partial charge in [0.2, 0.25) is 0 Å². The van der Waals surface area contributed by atoms with Crippen molar-refractivity contribution in [2.75, 3.05) is 4.90 Å². The Labute approximate surface area is 293 Å². The second kappa shape index (κ2) is 10.3. The molecule has 8 aromatic rings. The molecule has 0 spiro atoms. The smallest absolute Gasteiger partial charge is 0.136 e. The van der Waals surface area contributed by atoms with E-state index in [-0.39, 0.29) is 10.8 Å². The van der Waals surface area contributed by atoms with Crippen LogP contribution in [-0.2, 0) is 10.8 Å². The zero-order valence-electron chi connectivity index (χ0n) is 28.8. The van der Waals surface area contributed by atoms with Gasteiger partial charge in [-0.15, -0.1) is 0 Å². The van der Waals surface area contributed by atoms with Gasteiger partial charge in [-0.05, 0) is 92.5 Å². The second-order valence-corrected chi connectivity index (χ2v) is 14.9. The summed E-state index contributed by atoms with van der Waals surface area (Å²) >= 11 is 0. The van der Waals surface area contributed by atoms with E-state index in [9.17, 15) is 0 Å². The highest BCUT2D eigenvalue weighted by Gasteiger charge is 2.41. The molecule has 0 saturated carbocycles. The van der Waals surface area contributed by atoms with Gasteiger partial charge in [-0.1, -0.05) is 137 Å². The molecule has 1 aromatic heterocycles. The number of fused-ring (bicyclic) bond motifs is 9. The summed E-state index contributed by atoms with van der Waals surface area (Å²) < 4.78 is 6.33. The topological polar surface area (TPSA) is 16.4 Å². The van der Waals surface area contributed by atoms with E-state index < -0.39 is 0 Å². The Morgan fingerprint density at radius 3 is 1.92 bits per heavy atom. The minimum absolute atomic E-state index is 0.106. The lowest BCUT2D eigenvalue weighted by Gasteiger charge is -2.34. The van der Waals surface area contributed by atoms with Crippen LogP contribution in [0.5, 0.6) is 0 Å². The van der Waals surface area contributed by atoms with Gasteiger partial charge < -0.3 is 9.32 Å². The molecule has 240 valence electrons. The number of rotatable bonds is 4. The predicted molar refractivity (Wildman–Crippen MR) is 209 cm³/mol. The van der Waals surface area contributed by atoms with Crippen LogP contribution in [0.3, 0.4) is 0 Å². The number of para-hydroxylation sites is 1. The molecule has 10 rings (SSSR count). The van der Waals surface area contributed by atoms with Crippen molar-refractivity contribution in [3.63, 3.8) is 0 Å². The number of hydrogen-bond donors (Lipinski definition) is 0. The van der Waals surface area contributed by atoms with Crippen LogP contribution in [-0.4, -0.2) is 0 Å². The Morgan fingerprint density at radius 1 is 0.440 bits per heavy atom. The molecule has 2 aliphatic carbocycles. The van der Waals surface area contributed by atoms with Crippen LogP contribution in [0.2, 0.25) is 0 Å². The van der Waals surface area contributed by atoms with Gasteiger partial charge in [0.1, 0.15) is 11.2 Å². The molecule has 2 aliphatic rings. The SMILES string of the molecule is CC1(C)c2ccccc2-c2c(N(c3cccc(-c4ccc5c(c4)oc4ccccc45)c3)c3cccc4c3C(C)(C)c3ccccc3-4)cccc21. The monoisotopic (exact) mass is 643 g/mol. The highest BCUT2D eigenvalue weighted by molar-refractivity contribution is 6.06. The van der Waals surface area contributed by atoms with Crippen molar-refractivity contribution in [2.45, 2.75) is 38.5 Å². The molecule has 0 saturated heterocycles. The maximum atomic E-state index is 6.33. The van der Waals surface area contributed by atoms with Crippen LogP contribution in [0.1, 0.15) is 49.9 Å². The van der Waals surface area contributed by atoms with E-state index in [1.807, 2.05) is 12.1 Å². The van der Waals surface area contributed by atoms with Crippen molar-refractivity contribution >= 4 is 39.0 Å². The summed E-state index contributed by atoms with van der Waals surface area (Å²) in [4.78, 5) is 2.53. The van der Waals surface area contributed by atoms with E-state index in [0.29, 0.717) is 0 Å². The second-order valence-electron chi connectivity index (χ2n) is 14.9. The molecule has 0 radical (unpaired) electrons. The maximum Gasteiger partial charge on any atom is 0.136 e. The molecule has 50 heavy (non-hydrogen) atoms. The Balaban J connectivity index is 1.23. The number of anilines is 3. The fourth-order valence-electron chi connectivity index (χ4n) is 9.06. The van der Waals surface area contributed by atoms with Crippen molar-refractivity contribution < 1.29 is 4.42 Å². The average molecular weight is 644 g/mol. The van der Waals surface area contributed by atoms with Crippen LogP contribution >= 0.6 is 0 Å². The predicted octanol–water partition coefficient (Wildman–Crippen LogP) is 13.3. The minimum atomic E-state index is -0.181. The summed E-state index contributed by atoms with van der Waals surface area (Å²) in [5, 5.41) is 2.29. The van der Waals surface area contributed by atoms with Gasteiger partial charge in [0.25, 0.3) is 0 Å². The molecule has 0 N–H and O–H groups in total. The number of nitrogens with zero attached hydrogens (tertiary/aromatic N) is 1. The normalized spacial score (nSPS) is 14.7. The number of hydrogen-bond acceptors (Lipinski definition) is 2. The van der Waals surface area contributed by atoms with E-state index in [4.69, 9.17) is 4.42 Å². The zero-order chi connectivity index (χ0) is 33.8. The van der Waals surface area contributed by atoms with Gasteiger partial charge in [-0.3, -0.25) is 0 Å². The highest BCUT2D eigenvalue weighted by atomic mass is 16.3. The van der Waals surface area contributed by atoms with Gasteiger partial charge >= 0.3 is 0 Å². The molecule has 1 heterocycles. The van der Waals surface area contributed by atoms with Gasteiger partial charge in [0.15, 0.2) is 0 Å². The van der Waals surface area contributed by atoms with Crippen molar-refractivity contribution in [1.82, 2.24) is 0 Å². The molecular formula is C48H37NO. The fourth-order valence-corrected chi connectivity index (χ4v) is 9.06. The number of furan rings is 1. The van der Waals surface area contributed by atoms with Crippen molar-refractivity contribution in [3.05, 3.63) is 174 Å². The molecule has 0 amide bonds. The van der Waals surface area contributed by atoms with E-state index in [0.717, 1.165) is 38.8 Å². The molecule has 0 bridgehead atoms. The minimum Gasteiger partial charge on any atom is -0.456 e. The quantitative estimate of drug-likeness (QED) is 0.190. The van der Waals surface area contributed by atoms with Gasteiger partial charge in [0.05, 0.1) is 11.4 Å².